The number of furan rings is 1. The van der Waals surface area contributed by atoms with Gasteiger partial charge in [0.25, 0.3) is 0 Å². The van der Waals surface area contributed by atoms with Crippen molar-refractivity contribution in [2.75, 3.05) is 6.54 Å². The molecule has 2 rings (SSSR count). The molecule has 0 aliphatic rings. The first-order chi connectivity index (χ1) is 7.90. The van der Waals surface area contributed by atoms with E-state index in [4.69, 9.17) is 4.42 Å². The SMILES string of the molecule is CCCNCc1ccc(-c2ccccc2)o1. The third-order valence-electron chi connectivity index (χ3n) is 2.45. The number of hydrogen-bond donors (Lipinski definition) is 1. The molecule has 16 heavy (non-hydrogen) atoms. The third-order valence-corrected chi connectivity index (χ3v) is 2.45. The fourth-order valence-corrected chi connectivity index (χ4v) is 1.62. The van der Waals surface area contributed by atoms with Crippen LogP contribution in [-0.2, 0) is 6.54 Å². The van der Waals surface area contributed by atoms with Crippen LogP contribution in [0.4, 0.5) is 0 Å². The predicted octanol–water partition coefficient (Wildman–Crippen LogP) is 3.45. The molecule has 0 amide bonds. The molecule has 2 aromatic rings. The van der Waals surface area contributed by atoms with E-state index in [0.29, 0.717) is 0 Å². The van der Waals surface area contributed by atoms with Crippen molar-refractivity contribution in [2.45, 2.75) is 19.9 Å². The molecule has 0 radical (unpaired) electrons. The zero-order chi connectivity index (χ0) is 11.2. The summed E-state index contributed by atoms with van der Waals surface area (Å²) < 4.78 is 5.75. The second kappa shape index (κ2) is 5.52. The Bertz CT molecular complexity index is 419. The zero-order valence-electron chi connectivity index (χ0n) is 9.57. The van der Waals surface area contributed by atoms with Crippen molar-refractivity contribution in [1.29, 1.82) is 0 Å². The van der Waals surface area contributed by atoms with Gasteiger partial charge in [0, 0.05) is 5.56 Å². The molecule has 0 fully saturated rings. The predicted molar refractivity (Wildman–Crippen MR) is 66.1 cm³/mol. The van der Waals surface area contributed by atoms with Crippen LogP contribution in [0, 0.1) is 0 Å². The molecule has 0 bridgehead atoms. The van der Waals surface area contributed by atoms with Crippen LogP contribution in [0.25, 0.3) is 11.3 Å². The lowest BCUT2D eigenvalue weighted by Gasteiger charge is -1.99. The highest BCUT2D eigenvalue weighted by molar-refractivity contribution is 5.57. The lowest BCUT2D eigenvalue weighted by atomic mass is 10.2. The average molecular weight is 215 g/mol. The molecule has 84 valence electrons. The second-order valence-corrected chi connectivity index (χ2v) is 3.81. The van der Waals surface area contributed by atoms with E-state index in [1.54, 1.807) is 0 Å². The van der Waals surface area contributed by atoms with Gasteiger partial charge in [-0.15, -0.1) is 0 Å². The summed E-state index contributed by atoms with van der Waals surface area (Å²) in [6.45, 7) is 3.99. The lowest BCUT2D eigenvalue weighted by Crippen LogP contribution is -2.12. The van der Waals surface area contributed by atoms with Crippen LogP contribution < -0.4 is 5.32 Å². The molecule has 0 saturated carbocycles. The van der Waals surface area contributed by atoms with Crippen molar-refractivity contribution in [2.24, 2.45) is 0 Å². The highest BCUT2D eigenvalue weighted by atomic mass is 16.3. The van der Waals surface area contributed by atoms with Crippen molar-refractivity contribution < 1.29 is 4.42 Å². The fourth-order valence-electron chi connectivity index (χ4n) is 1.62. The van der Waals surface area contributed by atoms with E-state index in [0.717, 1.165) is 36.6 Å². The minimum atomic E-state index is 0.806. The van der Waals surface area contributed by atoms with Gasteiger partial charge in [0.05, 0.1) is 6.54 Å². The Morgan fingerprint density at radius 1 is 1.06 bits per heavy atom. The van der Waals surface area contributed by atoms with Crippen LogP contribution in [0.3, 0.4) is 0 Å². The van der Waals surface area contributed by atoms with Crippen LogP contribution in [-0.4, -0.2) is 6.54 Å². The first kappa shape index (κ1) is 11.0. The van der Waals surface area contributed by atoms with Gasteiger partial charge in [-0.05, 0) is 25.1 Å². The van der Waals surface area contributed by atoms with E-state index in [-0.39, 0.29) is 0 Å². The van der Waals surface area contributed by atoms with Crippen LogP contribution in [0.5, 0.6) is 0 Å². The molecule has 1 heterocycles. The summed E-state index contributed by atoms with van der Waals surface area (Å²) in [7, 11) is 0. The summed E-state index contributed by atoms with van der Waals surface area (Å²) in [4.78, 5) is 0. The number of rotatable bonds is 5. The molecule has 2 heteroatoms. The fraction of sp³-hybridized carbons (Fsp3) is 0.286. The molecule has 0 saturated heterocycles. The Hall–Kier alpha value is -1.54. The molecule has 2 nitrogen and oxygen atoms in total. The van der Waals surface area contributed by atoms with E-state index >= 15 is 0 Å². The second-order valence-electron chi connectivity index (χ2n) is 3.81. The molecule has 1 aromatic carbocycles. The van der Waals surface area contributed by atoms with Gasteiger partial charge in [0.1, 0.15) is 11.5 Å². The summed E-state index contributed by atoms with van der Waals surface area (Å²) in [6.07, 6.45) is 1.15. The maximum atomic E-state index is 5.75. The van der Waals surface area contributed by atoms with Gasteiger partial charge >= 0.3 is 0 Å². The molecule has 1 N–H and O–H groups in total. The smallest absolute Gasteiger partial charge is 0.134 e. The molecular weight excluding hydrogens is 198 g/mol. The van der Waals surface area contributed by atoms with E-state index < -0.39 is 0 Å². The normalized spacial score (nSPS) is 10.6. The van der Waals surface area contributed by atoms with E-state index in [2.05, 4.69) is 24.4 Å². The first-order valence-corrected chi connectivity index (χ1v) is 5.75. The monoisotopic (exact) mass is 215 g/mol. The Kier molecular flexibility index (Phi) is 3.78. The number of nitrogens with one attached hydrogen (secondary N) is 1. The highest BCUT2D eigenvalue weighted by Gasteiger charge is 2.03. The number of hydrogen-bond acceptors (Lipinski definition) is 2. The Morgan fingerprint density at radius 2 is 1.88 bits per heavy atom. The molecular formula is C14H17NO. The van der Waals surface area contributed by atoms with Gasteiger partial charge in [-0.3, -0.25) is 0 Å². The average Bonchev–Trinajstić information content (AvgIpc) is 2.79. The van der Waals surface area contributed by atoms with Gasteiger partial charge in [0.15, 0.2) is 0 Å². The van der Waals surface area contributed by atoms with Crippen LogP contribution in [0.1, 0.15) is 19.1 Å². The van der Waals surface area contributed by atoms with Gasteiger partial charge in [-0.25, -0.2) is 0 Å². The summed E-state index contributed by atoms with van der Waals surface area (Å²) >= 11 is 0. The molecule has 1 aromatic heterocycles. The van der Waals surface area contributed by atoms with Crippen LogP contribution in [0.15, 0.2) is 46.9 Å². The van der Waals surface area contributed by atoms with Gasteiger partial charge in [0.2, 0.25) is 0 Å². The summed E-state index contributed by atoms with van der Waals surface area (Å²) in [5.74, 6) is 1.93. The molecule has 0 unspecified atom stereocenters. The maximum Gasteiger partial charge on any atom is 0.134 e. The molecule has 0 atom stereocenters. The zero-order valence-corrected chi connectivity index (χ0v) is 9.57. The lowest BCUT2D eigenvalue weighted by molar-refractivity contribution is 0.493. The summed E-state index contributed by atoms with van der Waals surface area (Å²) in [6, 6.07) is 14.2. The van der Waals surface area contributed by atoms with Crippen LogP contribution >= 0.6 is 0 Å². The van der Waals surface area contributed by atoms with Crippen molar-refractivity contribution in [1.82, 2.24) is 5.32 Å². The first-order valence-electron chi connectivity index (χ1n) is 5.75. The molecule has 0 aliphatic heterocycles. The van der Waals surface area contributed by atoms with Gasteiger partial charge in [-0.2, -0.15) is 0 Å². The maximum absolute atomic E-state index is 5.75. The molecule has 0 aliphatic carbocycles. The van der Waals surface area contributed by atoms with Crippen LogP contribution in [0.2, 0.25) is 0 Å². The standard InChI is InChI=1S/C14H17NO/c1-2-10-15-11-13-8-9-14(16-13)12-6-4-3-5-7-12/h3-9,15H,2,10-11H2,1H3. The largest absolute Gasteiger partial charge is 0.460 e. The van der Waals surface area contributed by atoms with E-state index in [1.165, 1.54) is 0 Å². The highest BCUT2D eigenvalue weighted by Crippen LogP contribution is 2.21. The van der Waals surface area contributed by atoms with Gasteiger partial charge in [-0.1, -0.05) is 37.3 Å². The van der Waals surface area contributed by atoms with E-state index in [9.17, 15) is 0 Å². The third kappa shape index (κ3) is 2.74. The number of benzene rings is 1. The van der Waals surface area contributed by atoms with Crippen molar-refractivity contribution in [3.05, 3.63) is 48.2 Å². The van der Waals surface area contributed by atoms with Crippen molar-refractivity contribution in [3.63, 3.8) is 0 Å². The van der Waals surface area contributed by atoms with Gasteiger partial charge < -0.3 is 9.73 Å². The quantitative estimate of drug-likeness (QED) is 0.773. The Labute approximate surface area is 96.3 Å². The van der Waals surface area contributed by atoms with E-state index in [1.807, 2.05) is 30.3 Å². The molecule has 0 spiro atoms. The van der Waals surface area contributed by atoms with Crippen molar-refractivity contribution in [3.8, 4) is 11.3 Å². The minimum Gasteiger partial charge on any atom is -0.460 e. The topological polar surface area (TPSA) is 25.2 Å². The minimum absolute atomic E-state index is 0.806. The summed E-state index contributed by atoms with van der Waals surface area (Å²) in [5, 5.41) is 3.32. The Morgan fingerprint density at radius 3 is 2.62 bits per heavy atom. The van der Waals surface area contributed by atoms with Crippen molar-refractivity contribution >= 4 is 0 Å². The Balaban J connectivity index is 2.02. The summed E-state index contributed by atoms with van der Waals surface area (Å²) in [5.41, 5.74) is 1.13.